The van der Waals surface area contributed by atoms with Gasteiger partial charge in [0, 0.05) is 26.2 Å². The number of nitrogens with one attached hydrogen (secondary N) is 1. The Bertz CT molecular complexity index is 186. The molecule has 0 saturated carbocycles. The lowest BCUT2D eigenvalue weighted by Gasteiger charge is -2.14. The molecule has 0 saturated heterocycles. The standard InChI is InChI=1S/C11H25N3O2/c1-10(2)16-8-4-6-13-11(15)9-14(3)7-5-12/h10H,4-9,12H2,1-3H3,(H,13,15). The normalized spacial score (nSPS) is 11.1. The smallest absolute Gasteiger partial charge is 0.234 e. The second kappa shape index (κ2) is 9.57. The molecule has 0 aromatic rings. The van der Waals surface area contributed by atoms with E-state index in [-0.39, 0.29) is 12.0 Å². The highest BCUT2D eigenvalue weighted by Gasteiger charge is 2.04. The number of hydrogen-bond donors (Lipinski definition) is 2. The second-order valence-corrected chi connectivity index (χ2v) is 4.15. The number of likely N-dealkylation sites (N-methyl/N-ethyl adjacent to an activating group) is 1. The van der Waals surface area contributed by atoms with Crippen LogP contribution in [0.2, 0.25) is 0 Å². The van der Waals surface area contributed by atoms with Crippen LogP contribution in [0.3, 0.4) is 0 Å². The van der Waals surface area contributed by atoms with Gasteiger partial charge >= 0.3 is 0 Å². The maximum Gasteiger partial charge on any atom is 0.234 e. The maximum atomic E-state index is 11.4. The minimum atomic E-state index is 0.0421. The Morgan fingerprint density at radius 3 is 2.75 bits per heavy atom. The highest BCUT2D eigenvalue weighted by atomic mass is 16.5. The number of ether oxygens (including phenoxy) is 1. The molecule has 0 aliphatic rings. The Balaban J connectivity index is 3.36. The fraction of sp³-hybridized carbons (Fsp3) is 0.909. The molecule has 0 aliphatic carbocycles. The van der Waals surface area contributed by atoms with Crippen molar-refractivity contribution in [3.63, 3.8) is 0 Å². The third kappa shape index (κ3) is 9.89. The van der Waals surface area contributed by atoms with E-state index in [1.807, 2.05) is 25.8 Å². The minimum absolute atomic E-state index is 0.0421. The van der Waals surface area contributed by atoms with Gasteiger partial charge in [0.1, 0.15) is 0 Å². The predicted octanol–water partition coefficient (Wildman–Crippen LogP) is -0.192. The highest BCUT2D eigenvalue weighted by Crippen LogP contribution is 1.89. The van der Waals surface area contributed by atoms with Crippen molar-refractivity contribution < 1.29 is 9.53 Å². The molecule has 0 bridgehead atoms. The summed E-state index contributed by atoms with van der Waals surface area (Å²) >= 11 is 0. The Morgan fingerprint density at radius 2 is 2.19 bits per heavy atom. The molecular weight excluding hydrogens is 206 g/mol. The van der Waals surface area contributed by atoms with Gasteiger partial charge in [-0.05, 0) is 27.3 Å². The summed E-state index contributed by atoms with van der Waals surface area (Å²) in [5, 5.41) is 2.84. The second-order valence-electron chi connectivity index (χ2n) is 4.15. The molecule has 0 aromatic heterocycles. The highest BCUT2D eigenvalue weighted by molar-refractivity contribution is 5.77. The van der Waals surface area contributed by atoms with Crippen molar-refractivity contribution in [1.29, 1.82) is 0 Å². The monoisotopic (exact) mass is 231 g/mol. The molecule has 5 heteroatoms. The Kier molecular flexibility index (Phi) is 9.18. The van der Waals surface area contributed by atoms with Crippen molar-refractivity contribution in [3.05, 3.63) is 0 Å². The van der Waals surface area contributed by atoms with Gasteiger partial charge < -0.3 is 15.8 Å². The van der Waals surface area contributed by atoms with E-state index < -0.39 is 0 Å². The van der Waals surface area contributed by atoms with Crippen molar-refractivity contribution >= 4 is 5.91 Å². The van der Waals surface area contributed by atoms with Crippen molar-refractivity contribution in [2.75, 3.05) is 39.8 Å². The molecular formula is C11H25N3O2. The summed E-state index contributed by atoms with van der Waals surface area (Å²) in [4.78, 5) is 13.3. The van der Waals surface area contributed by atoms with Crippen LogP contribution in [0, 0.1) is 0 Å². The molecule has 0 spiro atoms. The fourth-order valence-corrected chi connectivity index (χ4v) is 1.22. The van der Waals surface area contributed by atoms with Gasteiger partial charge in [-0.3, -0.25) is 9.69 Å². The van der Waals surface area contributed by atoms with Gasteiger partial charge in [-0.2, -0.15) is 0 Å². The van der Waals surface area contributed by atoms with Crippen molar-refractivity contribution in [2.24, 2.45) is 5.73 Å². The zero-order chi connectivity index (χ0) is 12.4. The molecule has 0 radical (unpaired) electrons. The molecule has 0 rings (SSSR count). The van der Waals surface area contributed by atoms with Gasteiger partial charge in [0.2, 0.25) is 5.91 Å². The minimum Gasteiger partial charge on any atom is -0.379 e. The summed E-state index contributed by atoms with van der Waals surface area (Å²) in [5.74, 6) is 0.0421. The Labute approximate surface area is 98.3 Å². The molecule has 1 amide bonds. The predicted molar refractivity (Wildman–Crippen MR) is 65.3 cm³/mol. The number of carbonyl (C=O) groups is 1. The van der Waals surface area contributed by atoms with Crippen LogP contribution in [0.5, 0.6) is 0 Å². The number of nitrogens with zero attached hydrogens (tertiary/aromatic N) is 1. The first-order chi connectivity index (χ1) is 7.56. The molecule has 0 heterocycles. The maximum absolute atomic E-state index is 11.4. The topological polar surface area (TPSA) is 67.6 Å². The van der Waals surface area contributed by atoms with Gasteiger partial charge in [0.05, 0.1) is 12.6 Å². The summed E-state index contributed by atoms with van der Waals surface area (Å²) in [7, 11) is 1.88. The van der Waals surface area contributed by atoms with E-state index in [0.717, 1.165) is 13.0 Å². The average Bonchev–Trinajstić information content (AvgIpc) is 2.16. The summed E-state index contributed by atoms with van der Waals surface area (Å²) in [6.07, 6.45) is 1.11. The summed E-state index contributed by atoms with van der Waals surface area (Å²) in [6.45, 7) is 7.08. The number of nitrogens with two attached hydrogens (primary N) is 1. The number of rotatable bonds is 9. The van der Waals surface area contributed by atoms with Gasteiger partial charge in [0.15, 0.2) is 0 Å². The molecule has 3 N–H and O–H groups in total. The summed E-state index contributed by atoms with van der Waals surface area (Å²) in [5.41, 5.74) is 5.38. The van der Waals surface area contributed by atoms with Gasteiger partial charge in [-0.25, -0.2) is 0 Å². The van der Waals surface area contributed by atoms with Crippen LogP contribution >= 0.6 is 0 Å². The van der Waals surface area contributed by atoms with Crippen LogP contribution in [0.1, 0.15) is 20.3 Å². The van der Waals surface area contributed by atoms with E-state index >= 15 is 0 Å². The van der Waals surface area contributed by atoms with Crippen LogP contribution in [-0.2, 0) is 9.53 Å². The third-order valence-corrected chi connectivity index (χ3v) is 2.02. The lowest BCUT2D eigenvalue weighted by Crippen LogP contribution is -2.37. The summed E-state index contributed by atoms with van der Waals surface area (Å²) in [6, 6.07) is 0. The lowest BCUT2D eigenvalue weighted by atomic mass is 10.4. The zero-order valence-corrected chi connectivity index (χ0v) is 10.7. The van der Waals surface area contributed by atoms with Gasteiger partial charge in [-0.1, -0.05) is 0 Å². The molecule has 0 aromatic carbocycles. The van der Waals surface area contributed by atoms with Crippen LogP contribution in [0.4, 0.5) is 0 Å². The first kappa shape index (κ1) is 15.3. The van der Waals surface area contributed by atoms with E-state index in [2.05, 4.69) is 5.32 Å². The SMILES string of the molecule is CC(C)OCCCNC(=O)CN(C)CCN. The lowest BCUT2D eigenvalue weighted by molar-refractivity contribution is -0.121. The largest absolute Gasteiger partial charge is 0.379 e. The zero-order valence-electron chi connectivity index (χ0n) is 10.7. The van der Waals surface area contributed by atoms with E-state index in [1.54, 1.807) is 0 Å². The fourth-order valence-electron chi connectivity index (χ4n) is 1.22. The number of amides is 1. The quantitative estimate of drug-likeness (QED) is 0.540. The van der Waals surface area contributed by atoms with E-state index in [4.69, 9.17) is 10.5 Å². The van der Waals surface area contributed by atoms with Crippen LogP contribution in [0.15, 0.2) is 0 Å². The van der Waals surface area contributed by atoms with Crippen molar-refractivity contribution in [2.45, 2.75) is 26.4 Å². The van der Waals surface area contributed by atoms with Crippen molar-refractivity contribution in [3.8, 4) is 0 Å². The van der Waals surface area contributed by atoms with Gasteiger partial charge in [-0.15, -0.1) is 0 Å². The number of carbonyl (C=O) groups excluding carboxylic acids is 1. The molecule has 16 heavy (non-hydrogen) atoms. The summed E-state index contributed by atoms with van der Waals surface area (Å²) < 4.78 is 5.37. The van der Waals surface area contributed by atoms with Crippen LogP contribution < -0.4 is 11.1 Å². The Morgan fingerprint density at radius 1 is 1.50 bits per heavy atom. The Hall–Kier alpha value is -0.650. The van der Waals surface area contributed by atoms with Crippen molar-refractivity contribution in [1.82, 2.24) is 10.2 Å². The molecule has 0 unspecified atom stereocenters. The van der Waals surface area contributed by atoms with Gasteiger partial charge in [0.25, 0.3) is 0 Å². The molecule has 5 nitrogen and oxygen atoms in total. The molecule has 0 aliphatic heterocycles. The number of hydrogen-bond acceptors (Lipinski definition) is 4. The molecule has 96 valence electrons. The van der Waals surface area contributed by atoms with Crippen LogP contribution in [0.25, 0.3) is 0 Å². The van der Waals surface area contributed by atoms with E-state index in [0.29, 0.717) is 26.2 Å². The van der Waals surface area contributed by atoms with E-state index in [9.17, 15) is 4.79 Å². The third-order valence-electron chi connectivity index (χ3n) is 2.02. The van der Waals surface area contributed by atoms with Crippen LogP contribution in [-0.4, -0.2) is 56.7 Å². The first-order valence-corrected chi connectivity index (χ1v) is 5.83. The van der Waals surface area contributed by atoms with E-state index in [1.165, 1.54) is 0 Å². The first-order valence-electron chi connectivity index (χ1n) is 5.83. The average molecular weight is 231 g/mol. The molecule has 0 atom stereocenters. The molecule has 0 fully saturated rings.